The van der Waals surface area contributed by atoms with Crippen LogP contribution in [-0.2, 0) is 6.42 Å². The molecule has 0 saturated heterocycles. The van der Waals surface area contributed by atoms with Gasteiger partial charge in [0, 0.05) is 6.61 Å². The van der Waals surface area contributed by atoms with Gasteiger partial charge in [-0.1, -0.05) is 30.5 Å². The molecule has 0 aliphatic heterocycles. The van der Waals surface area contributed by atoms with Crippen molar-refractivity contribution >= 4 is 11.6 Å². The smallest absolute Gasteiger partial charge is 0.179 e. The molecule has 0 aromatic heterocycles. The van der Waals surface area contributed by atoms with Crippen LogP contribution in [0.3, 0.4) is 0 Å². The standard InChI is InChI=1S/C14H21ClO3/c1-17-12-9-8-11(13(15)14(12)18-2)7-5-3-4-6-10-16/h8-9,16H,3-7,10H2,1-2H3. The number of hydrogen-bond acceptors (Lipinski definition) is 3. The molecule has 0 spiro atoms. The molecule has 0 unspecified atom stereocenters. The normalized spacial score (nSPS) is 10.4. The van der Waals surface area contributed by atoms with Crippen molar-refractivity contribution in [3.8, 4) is 11.5 Å². The van der Waals surface area contributed by atoms with Crippen molar-refractivity contribution in [1.29, 1.82) is 0 Å². The first-order valence-corrected chi connectivity index (χ1v) is 6.62. The van der Waals surface area contributed by atoms with E-state index in [0.717, 1.165) is 37.7 Å². The summed E-state index contributed by atoms with van der Waals surface area (Å²) in [7, 11) is 3.19. The lowest BCUT2D eigenvalue weighted by Crippen LogP contribution is -1.95. The Kier molecular flexibility index (Phi) is 6.91. The van der Waals surface area contributed by atoms with Crippen LogP contribution < -0.4 is 9.47 Å². The van der Waals surface area contributed by atoms with E-state index in [1.165, 1.54) is 0 Å². The van der Waals surface area contributed by atoms with Crippen LogP contribution in [0.2, 0.25) is 5.02 Å². The number of aliphatic hydroxyl groups is 1. The minimum absolute atomic E-state index is 0.275. The Morgan fingerprint density at radius 3 is 2.39 bits per heavy atom. The average molecular weight is 273 g/mol. The topological polar surface area (TPSA) is 38.7 Å². The lowest BCUT2D eigenvalue weighted by Gasteiger charge is -2.12. The van der Waals surface area contributed by atoms with E-state index < -0.39 is 0 Å². The maximum atomic E-state index is 8.70. The minimum Gasteiger partial charge on any atom is -0.493 e. The first-order valence-electron chi connectivity index (χ1n) is 6.24. The highest BCUT2D eigenvalue weighted by Crippen LogP contribution is 2.37. The zero-order valence-electron chi connectivity index (χ0n) is 11.0. The summed E-state index contributed by atoms with van der Waals surface area (Å²) >= 11 is 6.29. The van der Waals surface area contributed by atoms with Crippen LogP contribution >= 0.6 is 11.6 Å². The van der Waals surface area contributed by atoms with Crippen molar-refractivity contribution in [3.63, 3.8) is 0 Å². The number of aliphatic hydroxyl groups excluding tert-OH is 1. The molecule has 0 aliphatic carbocycles. The van der Waals surface area contributed by atoms with Gasteiger partial charge in [0.05, 0.1) is 19.2 Å². The zero-order chi connectivity index (χ0) is 13.4. The summed E-state index contributed by atoms with van der Waals surface area (Å²) in [6.07, 6.45) is 5.02. The molecule has 18 heavy (non-hydrogen) atoms. The van der Waals surface area contributed by atoms with Gasteiger partial charge in [0.2, 0.25) is 0 Å². The van der Waals surface area contributed by atoms with Crippen LogP contribution in [0, 0.1) is 0 Å². The summed E-state index contributed by atoms with van der Waals surface area (Å²) in [6.45, 7) is 0.275. The van der Waals surface area contributed by atoms with Gasteiger partial charge in [-0.15, -0.1) is 0 Å². The van der Waals surface area contributed by atoms with E-state index in [1.807, 2.05) is 12.1 Å². The molecule has 0 atom stereocenters. The molecule has 1 aromatic rings. The van der Waals surface area contributed by atoms with Crippen LogP contribution in [0.1, 0.15) is 31.2 Å². The van der Waals surface area contributed by atoms with Gasteiger partial charge in [-0.25, -0.2) is 0 Å². The van der Waals surface area contributed by atoms with Crippen molar-refractivity contribution in [2.75, 3.05) is 20.8 Å². The molecule has 4 heteroatoms. The molecule has 1 N–H and O–H groups in total. The van der Waals surface area contributed by atoms with Gasteiger partial charge in [0.25, 0.3) is 0 Å². The maximum Gasteiger partial charge on any atom is 0.179 e. The Morgan fingerprint density at radius 2 is 1.78 bits per heavy atom. The van der Waals surface area contributed by atoms with E-state index in [-0.39, 0.29) is 6.61 Å². The molecule has 0 amide bonds. The van der Waals surface area contributed by atoms with E-state index in [2.05, 4.69) is 0 Å². The van der Waals surface area contributed by atoms with Crippen LogP contribution in [0.25, 0.3) is 0 Å². The summed E-state index contributed by atoms with van der Waals surface area (Å²) < 4.78 is 10.5. The average Bonchev–Trinajstić information content (AvgIpc) is 2.39. The van der Waals surface area contributed by atoms with Crippen LogP contribution in [0.4, 0.5) is 0 Å². The summed E-state index contributed by atoms with van der Waals surface area (Å²) in [5.41, 5.74) is 1.08. The zero-order valence-corrected chi connectivity index (χ0v) is 11.8. The third kappa shape index (κ3) is 4.07. The highest BCUT2D eigenvalue weighted by atomic mass is 35.5. The second-order valence-corrected chi connectivity index (χ2v) is 4.54. The number of hydrogen-bond donors (Lipinski definition) is 1. The quantitative estimate of drug-likeness (QED) is 0.737. The second-order valence-electron chi connectivity index (χ2n) is 4.16. The van der Waals surface area contributed by atoms with Gasteiger partial charge >= 0.3 is 0 Å². The molecule has 102 valence electrons. The molecule has 0 bridgehead atoms. The Labute approximate surface area is 114 Å². The molecule has 0 aliphatic rings. The third-order valence-corrected chi connectivity index (χ3v) is 3.33. The Bertz CT molecular complexity index is 366. The van der Waals surface area contributed by atoms with Crippen LogP contribution in [0.15, 0.2) is 12.1 Å². The monoisotopic (exact) mass is 272 g/mol. The fraction of sp³-hybridized carbons (Fsp3) is 0.571. The predicted octanol–water partition coefficient (Wildman–Crippen LogP) is 3.45. The van der Waals surface area contributed by atoms with E-state index in [9.17, 15) is 0 Å². The van der Waals surface area contributed by atoms with Crippen molar-refractivity contribution in [3.05, 3.63) is 22.7 Å². The first kappa shape index (κ1) is 15.1. The molecule has 0 fully saturated rings. The molecule has 0 radical (unpaired) electrons. The highest BCUT2D eigenvalue weighted by molar-refractivity contribution is 6.33. The van der Waals surface area contributed by atoms with Gasteiger partial charge < -0.3 is 14.6 Å². The lowest BCUT2D eigenvalue weighted by molar-refractivity contribution is 0.282. The van der Waals surface area contributed by atoms with Crippen LogP contribution in [-0.4, -0.2) is 25.9 Å². The van der Waals surface area contributed by atoms with Gasteiger partial charge in [-0.2, -0.15) is 0 Å². The minimum atomic E-state index is 0.275. The molecule has 1 rings (SSSR count). The van der Waals surface area contributed by atoms with Crippen molar-refractivity contribution in [1.82, 2.24) is 0 Å². The SMILES string of the molecule is COc1ccc(CCCCCCO)c(Cl)c1OC. The van der Waals surface area contributed by atoms with E-state index in [4.69, 9.17) is 26.2 Å². The first-order chi connectivity index (χ1) is 8.74. The van der Waals surface area contributed by atoms with E-state index in [0.29, 0.717) is 16.5 Å². The molecule has 3 nitrogen and oxygen atoms in total. The molecule has 0 saturated carbocycles. The fourth-order valence-electron chi connectivity index (χ4n) is 1.90. The highest BCUT2D eigenvalue weighted by Gasteiger charge is 2.12. The van der Waals surface area contributed by atoms with Gasteiger partial charge in [-0.3, -0.25) is 0 Å². The van der Waals surface area contributed by atoms with E-state index in [1.54, 1.807) is 14.2 Å². The molecule has 1 aromatic carbocycles. The Hall–Kier alpha value is -0.930. The second kappa shape index (κ2) is 8.22. The van der Waals surface area contributed by atoms with Crippen molar-refractivity contribution < 1.29 is 14.6 Å². The molecular formula is C14H21ClO3. The summed E-state index contributed by atoms with van der Waals surface area (Å²) in [4.78, 5) is 0. The number of halogens is 1. The van der Waals surface area contributed by atoms with Crippen LogP contribution in [0.5, 0.6) is 11.5 Å². The molecular weight excluding hydrogens is 252 g/mol. The number of benzene rings is 1. The van der Waals surface area contributed by atoms with E-state index >= 15 is 0 Å². The molecule has 0 heterocycles. The Morgan fingerprint density at radius 1 is 1.06 bits per heavy atom. The number of aryl methyl sites for hydroxylation is 1. The van der Waals surface area contributed by atoms with Crippen molar-refractivity contribution in [2.24, 2.45) is 0 Å². The fourth-order valence-corrected chi connectivity index (χ4v) is 2.23. The Balaban J connectivity index is 2.61. The van der Waals surface area contributed by atoms with Gasteiger partial charge in [0.1, 0.15) is 0 Å². The number of methoxy groups -OCH3 is 2. The third-order valence-electron chi connectivity index (χ3n) is 2.92. The number of ether oxygens (including phenoxy) is 2. The number of rotatable bonds is 8. The van der Waals surface area contributed by atoms with Gasteiger partial charge in [0.15, 0.2) is 11.5 Å². The largest absolute Gasteiger partial charge is 0.493 e. The summed E-state index contributed by atoms with van der Waals surface area (Å²) in [5.74, 6) is 1.26. The summed E-state index contributed by atoms with van der Waals surface area (Å²) in [5, 5.41) is 9.34. The van der Waals surface area contributed by atoms with Crippen molar-refractivity contribution in [2.45, 2.75) is 32.1 Å². The summed E-state index contributed by atoms with van der Waals surface area (Å²) in [6, 6.07) is 3.86. The predicted molar refractivity (Wildman–Crippen MR) is 73.8 cm³/mol. The maximum absolute atomic E-state index is 8.70. The number of unbranched alkanes of at least 4 members (excludes halogenated alkanes) is 3. The lowest BCUT2D eigenvalue weighted by atomic mass is 10.1. The van der Waals surface area contributed by atoms with Gasteiger partial charge in [-0.05, 0) is 30.9 Å².